The summed E-state index contributed by atoms with van der Waals surface area (Å²) in [6.07, 6.45) is 1.76. The largest absolute Gasteiger partial charge is 0.481 e. The first-order valence-electron chi connectivity index (χ1n) is 5.85. The van der Waals surface area contributed by atoms with Crippen LogP contribution in [0, 0.1) is 0 Å². The van der Waals surface area contributed by atoms with Gasteiger partial charge < -0.3 is 15.2 Å². The maximum Gasteiger partial charge on any atom is 0.304 e. The highest BCUT2D eigenvalue weighted by molar-refractivity contribution is 5.78. The molecule has 2 N–H and O–H groups in total. The fraction of sp³-hybridized carbons (Fsp3) is 0.818. The van der Waals surface area contributed by atoms with E-state index in [1.165, 1.54) is 0 Å². The lowest BCUT2D eigenvalue weighted by Gasteiger charge is -2.24. The topological polar surface area (TPSA) is 78.9 Å². The first-order valence-corrected chi connectivity index (χ1v) is 5.85. The number of nitrogens with one attached hydrogen (secondary N) is 1. The number of hydrogen-bond acceptors (Lipinski definition) is 4. The van der Waals surface area contributed by atoms with Crippen LogP contribution in [0.15, 0.2) is 0 Å². The Morgan fingerprint density at radius 3 is 2.65 bits per heavy atom. The van der Waals surface area contributed by atoms with Crippen LogP contribution in [0.4, 0.5) is 0 Å². The molecule has 1 aliphatic heterocycles. The van der Waals surface area contributed by atoms with Crippen molar-refractivity contribution in [2.75, 3.05) is 33.4 Å². The van der Waals surface area contributed by atoms with Crippen molar-refractivity contribution in [3.63, 3.8) is 0 Å². The van der Waals surface area contributed by atoms with Gasteiger partial charge in [-0.15, -0.1) is 0 Å². The number of rotatable bonds is 6. The second-order valence-electron chi connectivity index (χ2n) is 4.34. The molecule has 0 aromatic heterocycles. The second kappa shape index (κ2) is 7.24. The molecule has 1 heterocycles. The third kappa shape index (κ3) is 6.23. The van der Waals surface area contributed by atoms with Crippen molar-refractivity contribution in [2.24, 2.45) is 0 Å². The van der Waals surface area contributed by atoms with Crippen LogP contribution in [0.2, 0.25) is 0 Å². The van der Waals surface area contributed by atoms with E-state index in [1.54, 1.807) is 11.9 Å². The molecule has 17 heavy (non-hydrogen) atoms. The number of likely N-dealkylation sites (N-methyl/N-ethyl adjacent to an activating group) is 1. The van der Waals surface area contributed by atoms with Crippen LogP contribution in [0.5, 0.6) is 0 Å². The zero-order chi connectivity index (χ0) is 12.7. The number of carboxylic acids is 1. The Morgan fingerprint density at radius 1 is 1.41 bits per heavy atom. The summed E-state index contributed by atoms with van der Waals surface area (Å²) < 4.78 is 5.20. The van der Waals surface area contributed by atoms with Crippen LogP contribution < -0.4 is 5.32 Å². The summed E-state index contributed by atoms with van der Waals surface area (Å²) >= 11 is 0. The third-order valence-electron chi connectivity index (χ3n) is 2.71. The van der Waals surface area contributed by atoms with Gasteiger partial charge >= 0.3 is 5.97 Å². The molecule has 0 radical (unpaired) electrons. The molecule has 0 aromatic rings. The zero-order valence-electron chi connectivity index (χ0n) is 10.1. The Morgan fingerprint density at radius 2 is 2.06 bits per heavy atom. The van der Waals surface area contributed by atoms with Crippen LogP contribution in [-0.4, -0.2) is 61.3 Å². The van der Waals surface area contributed by atoms with E-state index < -0.39 is 5.97 Å². The lowest BCUT2D eigenvalue weighted by Crippen LogP contribution is -2.43. The maximum atomic E-state index is 11.6. The van der Waals surface area contributed by atoms with Gasteiger partial charge in [0.1, 0.15) is 0 Å². The fourth-order valence-electron chi connectivity index (χ4n) is 1.73. The minimum absolute atomic E-state index is 0.0511. The Bertz CT molecular complexity index is 264. The van der Waals surface area contributed by atoms with Crippen molar-refractivity contribution < 1.29 is 19.4 Å². The molecule has 1 amide bonds. The van der Waals surface area contributed by atoms with Gasteiger partial charge in [-0.2, -0.15) is 0 Å². The predicted octanol–water partition coefficient (Wildman–Crippen LogP) is -0.312. The quantitative estimate of drug-likeness (QED) is 0.670. The summed E-state index contributed by atoms with van der Waals surface area (Å²) in [7, 11) is 1.74. The molecule has 1 saturated heterocycles. The van der Waals surface area contributed by atoms with Crippen molar-refractivity contribution in [3.05, 3.63) is 0 Å². The van der Waals surface area contributed by atoms with Gasteiger partial charge in [0.2, 0.25) is 5.91 Å². The predicted molar refractivity (Wildman–Crippen MR) is 61.7 cm³/mol. The summed E-state index contributed by atoms with van der Waals surface area (Å²) in [5, 5.41) is 11.4. The highest BCUT2D eigenvalue weighted by atomic mass is 16.5. The molecule has 1 fully saturated rings. The molecule has 0 bridgehead atoms. The van der Waals surface area contributed by atoms with Crippen molar-refractivity contribution in [1.29, 1.82) is 0 Å². The van der Waals surface area contributed by atoms with Crippen molar-refractivity contribution >= 4 is 11.9 Å². The van der Waals surface area contributed by atoms with E-state index in [2.05, 4.69) is 5.32 Å². The van der Waals surface area contributed by atoms with Gasteiger partial charge in [0.05, 0.1) is 13.0 Å². The number of ether oxygens (including phenoxy) is 1. The first kappa shape index (κ1) is 13.9. The summed E-state index contributed by atoms with van der Waals surface area (Å²) in [6, 6.07) is 0.198. The van der Waals surface area contributed by atoms with Gasteiger partial charge in [-0.25, -0.2) is 0 Å². The molecule has 0 atom stereocenters. The monoisotopic (exact) mass is 244 g/mol. The summed E-state index contributed by atoms with van der Waals surface area (Å²) in [5.41, 5.74) is 0. The summed E-state index contributed by atoms with van der Waals surface area (Å²) in [4.78, 5) is 23.7. The molecule has 98 valence electrons. The second-order valence-corrected chi connectivity index (χ2v) is 4.34. The van der Waals surface area contributed by atoms with Gasteiger partial charge in [-0.1, -0.05) is 0 Å². The Hall–Kier alpha value is -1.14. The Labute approximate surface area is 101 Å². The van der Waals surface area contributed by atoms with E-state index in [1.807, 2.05) is 0 Å². The Balaban J connectivity index is 2.16. The van der Waals surface area contributed by atoms with Crippen molar-refractivity contribution in [3.8, 4) is 0 Å². The zero-order valence-corrected chi connectivity index (χ0v) is 10.1. The van der Waals surface area contributed by atoms with E-state index in [0.29, 0.717) is 19.8 Å². The maximum absolute atomic E-state index is 11.6. The molecule has 0 aliphatic carbocycles. The van der Waals surface area contributed by atoms with Gasteiger partial charge in [0.25, 0.3) is 0 Å². The molecule has 1 aliphatic rings. The minimum atomic E-state index is -0.846. The smallest absolute Gasteiger partial charge is 0.304 e. The van der Waals surface area contributed by atoms with E-state index in [4.69, 9.17) is 9.84 Å². The number of carboxylic acid groups (broad SMARTS) is 1. The van der Waals surface area contributed by atoms with E-state index in [9.17, 15) is 9.59 Å². The average Bonchev–Trinajstić information content (AvgIpc) is 2.27. The number of carbonyl (C=O) groups excluding carboxylic acids is 1. The molecular formula is C11H20N2O4. The molecule has 6 nitrogen and oxygen atoms in total. The van der Waals surface area contributed by atoms with Crippen LogP contribution >= 0.6 is 0 Å². The van der Waals surface area contributed by atoms with Crippen molar-refractivity contribution in [2.45, 2.75) is 25.3 Å². The molecule has 0 spiro atoms. The van der Waals surface area contributed by atoms with E-state index in [-0.39, 0.29) is 24.9 Å². The summed E-state index contributed by atoms with van der Waals surface area (Å²) in [6.45, 7) is 2.01. The minimum Gasteiger partial charge on any atom is -0.481 e. The van der Waals surface area contributed by atoms with Crippen LogP contribution in [0.1, 0.15) is 19.3 Å². The number of nitrogens with zero attached hydrogens (tertiary/aromatic N) is 1. The molecular weight excluding hydrogens is 224 g/mol. The van der Waals surface area contributed by atoms with Gasteiger partial charge in [-0.3, -0.25) is 14.5 Å². The van der Waals surface area contributed by atoms with Crippen LogP contribution in [0.25, 0.3) is 0 Å². The lowest BCUT2D eigenvalue weighted by atomic mass is 10.1. The first-order chi connectivity index (χ1) is 8.08. The molecule has 6 heteroatoms. The van der Waals surface area contributed by atoms with Gasteiger partial charge in [0, 0.05) is 25.8 Å². The molecule has 0 saturated carbocycles. The standard InChI is InChI=1S/C11H20N2O4/c1-13(5-2-11(15)16)8-10(14)12-9-3-6-17-7-4-9/h9H,2-8H2,1H3,(H,12,14)(H,15,16). The fourth-order valence-corrected chi connectivity index (χ4v) is 1.73. The van der Waals surface area contributed by atoms with E-state index in [0.717, 1.165) is 12.8 Å². The number of aliphatic carboxylic acids is 1. The lowest BCUT2D eigenvalue weighted by molar-refractivity contribution is -0.137. The normalized spacial score (nSPS) is 17.1. The van der Waals surface area contributed by atoms with Crippen molar-refractivity contribution in [1.82, 2.24) is 10.2 Å². The van der Waals surface area contributed by atoms with Crippen LogP contribution in [-0.2, 0) is 14.3 Å². The molecule has 0 unspecified atom stereocenters. The average molecular weight is 244 g/mol. The number of amides is 1. The van der Waals surface area contributed by atoms with E-state index >= 15 is 0 Å². The SMILES string of the molecule is CN(CCC(=O)O)CC(=O)NC1CCOCC1. The number of hydrogen-bond donors (Lipinski definition) is 2. The number of carbonyl (C=O) groups is 2. The highest BCUT2D eigenvalue weighted by Crippen LogP contribution is 2.05. The van der Waals surface area contributed by atoms with Gasteiger partial charge in [-0.05, 0) is 19.9 Å². The van der Waals surface area contributed by atoms with Crippen LogP contribution in [0.3, 0.4) is 0 Å². The third-order valence-corrected chi connectivity index (χ3v) is 2.71. The molecule has 1 rings (SSSR count). The van der Waals surface area contributed by atoms with Gasteiger partial charge in [0.15, 0.2) is 0 Å². The Kier molecular flexibility index (Phi) is 5.93. The molecule has 0 aromatic carbocycles. The highest BCUT2D eigenvalue weighted by Gasteiger charge is 2.16. The summed E-state index contributed by atoms with van der Waals surface area (Å²) in [5.74, 6) is -0.897.